The first-order chi connectivity index (χ1) is 12.2. The first-order valence-electron chi connectivity index (χ1n) is 8.57. The number of anilines is 2. The van der Waals surface area contributed by atoms with Gasteiger partial charge in [0.2, 0.25) is 0 Å². The van der Waals surface area contributed by atoms with E-state index in [1.165, 1.54) is 6.07 Å². The van der Waals surface area contributed by atoms with Gasteiger partial charge in [0.1, 0.15) is 11.7 Å². The molecular weight excluding hydrogens is 410 g/mol. The van der Waals surface area contributed by atoms with E-state index in [2.05, 4.69) is 22.0 Å². The largest absolute Gasteiger partial charge is 0.353 e. The van der Waals surface area contributed by atoms with Crippen molar-refractivity contribution in [1.29, 1.82) is 0 Å². The lowest BCUT2D eigenvalue weighted by Crippen LogP contribution is -2.48. The predicted molar refractivity (Wildman–Crippen MR) is 116 cm³/mol. The third-order valence-electron chi connectivity index (χ3n) is 4.81. The summed E-state index contributed by atoms with van der Waals surface area (Å²) in [5, 5.41) is 3.93. The normalized spacial score (nSPS) is 16.0. The molecule has 4 rings (SSSR count). The van der Waals surface area contributed by atoms with Crippen LogP contribution in [0.3, 0.4) is 0 Å². The number of nitrogens with one attached hydrogen (secondary N) is 1. The number of hydrogen-bond acceptors (Lipinski definition) is 4. The van der Waals surface area contributed by atoms with Crippen LogP contribution in [-0.2, 0) is 0 Å². The zero-order chi connectivity index (χ0) is 17.4. The second kappa shape index (κ2) is 9.11. The van der Waals surface area contributed by atoms with Gasteiger partial charge in [-0.2, -0.15) is 0 Å². The summed E-state index contributed by atoms with van der Waals surface area (Å²) in [6.45, 7) is 6.76. The summed E-state index contributed by atoms with van der Waals surface area (Å²) in [7, 11) is 0. The number of likely N-dealkylation sites (N-methyl/N-ethyl adjacent to an activating group) is 1. The van der Waals surface area contributed by atoms with Crippen LogP contribution in [-0.4, -0.2) is 48.4 Å². The minimum absolute atomic E-state index is 0. The first kappa shape index (κ1) is 21.8. The maximum atomic E-state index is 14.7. The summed E-state index contributed by atoms with van der Waals surface area (Å²) in [6.07, 6.45) is 0. The van der Waals surface area contributed by atoms with Crippen molar-refractivity contribution >= 4 is 59.3 Å². The lowest BCUT2D eigenvalue weighted by Gasteiger charge is -2.36. The highest BCUT2D eigenvalue weighted by Gasteiger charge is 2.26. The van der Waals surface area contributed by atoms with Crippen molar-refractivity contribution in [2.45, 2.75) is 6.92 Å². The molecule has 0 aromatic heterocycles. The molecule has 0 radical (unpaired) electrons. The fourth-order valence-corrected chi connectivity index (χ4v) is 3.54. The number of hydrogen-bond donors (Lipinski definition) is 1. The molecule has 1 N–H and O–H groups in total. The van der Waals surface area contributed by atoms with Gasteiger partial charge >= 0.3 is 0 Å². The van der Waals surface area contributed by atoms with Crippen LogP contribution >= 0.6 is 36.4 Å². The van der Waals surface area contributed by atoms with Crippen molar-refractivity contribution in [3.05, 3.63) is 52.8 Å². The molecule has 1 saturated heterocycles. The van der Waals surface area contributed by atoms with Gasteiger partial charge in [0, 0.05) is 31.2 Å². The Balaban J connectivity index is 0.00000131. The number of amidine groups is 1. The second-order valence-electron chi connectivity index (χ2n) is 6.31. The molecule has 2 aromatic rings. The van der Waals surface area contributed by atoms with E-state index in [1.807, 2.05) is 24.3 Å². The smallest absolute Gasteiger partial charge is 0.141 e. The van der Waals surface area contributed by atoms with Gasteiger partial charge in [0.05, 0.1) is 22.6 Å². The van der Waals surface area contributed by atoms with Crippen molar-refractivity contribution in [2.75, 3.05) is 38.0 Å². The monoisotopic (exact) mass is 430 g/mol. The third kappa shape index (κ3) is 4.32. The van der Waals surface area contributed by atoms with Gasteiger partial charge in [-0.3, -0.25) is 0 Å². The molecule has 0 aliphatic carbocycles. The molecule has 0 atom stereocenters. The van der Waals surface area contributed by atoms with Crippen LogP contribution in [0.25, 0.3) is 0 Å². The Kier molecular flexibility index (Phi) is 7.34. The summed E-state index contributed by atoms with van der Waals surface area (Å²) in [5.41, 5.74) is 2.83. The number of nitrogens with zero attached hydrogens (tertiary/aromatic N) is 3. The van der Waals surface area contributed by atoms with Crippen LogP contribution in [0, 0.1) is 5.82 Å². The molecule has 2 aliphatic heterocycles. The zero-order valence-electron chi connectivity index (χ0n) is 14.9. The molecule has 2 aliphatic rings. The van der Waals surface area contributed by atoms with Crippen molar-refractivity contribution in [3.63, 3.8) is 0 Å². The Morgan fingerprint density at radius 1 is 1.07 bits per heavy atom. The molecule has 0 saturated carbocycles. The van der Waals surface area contributed by atoms with Crippen molar-refractivity contribution in [1.82, 2.24) is 9.80 Å². The molecular formula is C19H22Cl3FN4. The number of piperazine rings is 1. The SMILES string of the molecule is CCN1CCN(C2=Nc3cc(Cl)ccc3Nc3cccc(F)c32)CC1.Cl.Cl. The van der Waals surface area contributed by atoms with Crippen LogP contribution in [0.15, 0.2) is 41.4 Å². The van der Waals surface area contributed by atoms with E-state index in [4.69, 9.17) is 16.6 Å². The summed E-state index contributed by atoms with van der Waals surface area (Å²) in [5.74, 6) is 0.415. The van der Waals surface area contributed by atoms with Gasteiger partial charge in [-0.1, -0.05) is 24.6 Å². The number of aliphatic imine (C=N–C) groups is 1. The number of benzene rings is 2. The lowest BCUT2D eigenvalue weighted by molar-refractivity contribution is 0.190. The highest BCUT2D eigenvalue weighted by atomic mass is 35.5. The molecule has 0 unspecified atom stereocenters. The van der Waals surface area contributed by atoms with E-state index in [-0.39, 0.29) is 30.6 Å². The predicted octanol–water partition coefficient (Wildman–Crippen LogP) is 5.10. The van der Waals surface area contributed by atoms with Crippen molar-refractivity contribution < 1.29 is 4.39 Å². The van der Waals surface area contributed by atoms with E-state index in [0.717, 1.165) is 49.8 Å². The highest BCUT2D eigenvalue weighted by molar-refractivity contribution is 6.31. The van der Waals surface area contributed by atoms with Gasteiger partial charge in [-0.25, -0.2) is 9.38 Å². The Hall–Kier alpha value is -1.53. The van der Waals surface area contributed by atoms with Gasteiger partial charge in [-0.05, 0) is 36.9 Å². The quantitative estimate of drug-likeness (QED) is 0.682. The molecule has 2 aromatic carbocycles. The van der Waals surface area contributed by atoms with Gasteiger partial charge < -0.3 is 15.1 Å². The average molecular weight is 432 g/mol. The molecule has 27 heavy (non-hydrogen) atoms. The Labute approximate surface area is 176 Å². The molecule has 2 heterocycles. The average Bonchev–Trinajstić information content (AvgIpc) is 2.79. The fraction of sp³-hybridized carbons (Fsp3) is 0.316. The molecule has 0 spiro atoms. The molecule has 4 nitrogen and oxygen atoms in total. The molecule has 0 bridgehead atoms. The van der Waals surface area contributed by atoms with Gasteiger partial charge in [0.25, 0.3) is 0 Å². The third-order valence-corrected chi connectivity index (χ3v) is 5.05. The molecule has 0 amide bonds. The standard InChI is InChI=1S/C19H20ClFN4.2ClH/c1-2-24-8-10-25(11-9-24)19-18-14(21)4-3-5-16(18)22-15-7-6-13(20)12-17(15)23-19;;/h3-7,12,22H,2,8-11H2,1H3;2*1H. The van der Waals surface area contributed by atoms with Crippen LogP contribution < -0.4 is 5.32 Å². The maximum absolute atomic E-state index is 14.7. The van der Waals surface area contributed by atoms with Gasteiger partial charge in [0.15, 0.2) is 0 Å². The minimum Gasteiger partial charge on any atom is -0.353 e. The van der Waals surface area contributed by atoms with E-state index in [9.17, 15) is 4.39 Å². The van der Waals surface area contributed by atoms with E-state index < -0.39 is 0 Å². The summed E-state index contributed by atoms with van der Waals surface area (Å²) in [4.78, 5) is 9.37. The number of rotatable bonds is 1. The van der Waals surface area contributed by atoms with E-state index in [0.29, 0.717) is 16.4 Å². The van der Waals surface area contributed by atoms with Crippen LogP contribution in [0.5, 0.6) is 0 Å². The summed E-state index contributed by atoms with van der Waals surface area (Å²) < 4.78 is 14.7. The van der Waals surface area contributed by atoms with E-state index in [1.54, 1.807) is 6.07 Å². The first-order valence-corrected chi connectivity index (χ1v) is 8.95. The summed E-state index contributed by atoms with van der Waals surface area (Å²) >= 11 is 6.15. The minimum atomic E-state index is -0.263. The maximum Gasteiger partial charge on any atom is 0.141 e. The Morgan fingerprint density at radius 2 is 1.81 bits per heavy atom. The Bertz CT molecular complexity index is 836. The fourth-order valence-electron chi connectivity index (χ4n) is 3.38. The van der Waals surface area contributed by atoms with Crippen LogP contribution in [0.2, 0.25) is 5.02 Å². The van der Waals surface area contributed by atoms with Crippen LogP contribution in [0.4, 0.5) is 21.5 Å². The highest BCUT2D eigenvalue weighted by Crippen LogP contribution is 2.37. The molecule has 1 fully saturated rings. The molecule has 146 valence electrons. The Morgan fingerprint density at radius 3 is 2.52 bits per heavy atom. The van der Waals surface area contributed by atoms with Crippen LogP contribution in [0.1, 0.15) is 12.5 Å². The number of halogens is 4. The van der Waals surface area contributed by atoms with E-state index >= 15 is 0 Å². The van der Waals surface area contributed by atoms with Crippen molar-refractivity contribution in [2.24, 2.45) is 4.99 Å². The number of fused-ring (bicyclic) bond motifs is 2. The summed E-state index contributed by atoms with van der Waals surface area (Å²) in [6, 6.07) is 10.6. The lowest BCUT2D eigenvalue weighted by atomic mass is 10.1. The molecule has 8 heteroatoms. The van der Waals surface area contributed by atoms with Gasteiger partial charge in [-0.15, -0.1) is 24.8 Å². The zero-order valence-corrected chi connectivity index (χ0v) is 17.3. The van der Waals surface area contributed by atoms with Crippen molar-refractivity contribution in [3.8, 4) is 0 Å². The second-order valence-corrected chi connectivity index (χ2v) is 6.74. The topological polar surface area (TPSA) is 30.9 Å².